The Morgan fingerprint density at radius 3 is 1.94 bits per heavy atom. The van der Waals surface area contributed by atoms with Crippen LogP contribution in [0.2, 0.25) is 0 Å². The van der Waals surface area contributed by atoms with E-state index < -0.39 is 12.2 Å². The fraction of sp³-hybridized carbons (Fsp3) is 0.0833. The van der Waals surface area contributed by atoms with Gasteiger partial charge < -0.3 is 0 Å². The molecule has 0 aliphatic rings. The summed E-state index contributed by atoms with van der Waals surface area (Å²) in [4.78, 5) is 10.8. The molecule has 0 fully saturated rings. The van der Waals surface area contributed by atoms with Gasteiger partial charge in [0.25, 0.3) is 5.91 Å². The van der Waals surface area contributed by atoms with Crippen LogP contribution in [0.1, 0.15) is 10.4 Å². The van der Waals surface area contributed by atoms with Gasteiger partial charge in [0.2, 0.25) is 0 Å². The lowest BCUT2D eigenvalue weighted by Gasteiger charge is -2.07. The predicted molar refractivity (Wildman–Crippen MR) is 64.3 cm³/mol. The monoisotopic (exact) mass is 273 g/mol. The van der Waals surface area contributed by atoms with E-state index in [9.17, 15) is 18.0 Å². The Kier molecular flexibility index (Phi) is 5.38. The van der Waals surface area contributed by atoms with Gasteiger partial charge in [-0.15, -0.1) is 0 Å². The normalized spacial score (nSPS) is 10.2. The summed E-state index contributed by atoms with van der Waals surface area (Å²) >= 11 is 1.71. The molecule has 18 heavy (non-hydrogen) atoms. The highest BCUT2D eigenvalue weighted by atomic mass is 32.1. The first-order chi connectivity index (χ1) is 8.49. The average molecular weight is 273 g/mol. The van der Waals surface area contributed by atoms with Crippen LogP contribution in [-0.4, -0.2) is 12.2 Å². The maximum atomic E-state index is 11.7. The van der Waals surface area contributed by atoms with Crippen LogP contribution in [0.4, 0.5) is 13.2 Å². The van der Waals surface area contributed by atoms with Crippen LogP contribution in [-0.2, 0) is 0 Å². The van der Waals surface area contributed by atoms with E-state index in [4.69, 9.17) is 0 Å². The highest BCUT2D eigenvalue weighted by Gasteiger charge is 2.30. The molecule has 2 rings (SSSR count). The summed E-state index contributed by atoms with van der Waals surface area (Å²) in [6, 6.07) is 11.2. The number of rotatable bonds is 1. The van der Waals surface area contributed by atoms with E-state index in [-0.39, 0.29) is 5.56 Å². The van der Waals surface area contributed by atoms with Gasteiger partial charge in [0, 0.05) is 5.56 Å². The molecular weight excluding hydrogens is 263 g/mol. The first-order valence-corrected chi connectivity index (χ1v) is 5.85. The number of alkyl halides is 3. The largest absolute Gasteiger partial charge is 0.484 e. The number of hydrogen-bond acceptors (Lipinski definition) is 2. The van der Waals surface area contributed by atoms with Gasteiger partial charge in [-0.05, 0) is 22.9 Å². The lowest BCUT2D eigenvalue weighted by Crippen LogP contribution is -2.37. The summed E-state index contributed by atoms with van der Waals surface area (Å²) in [7, 11) is 0. The standard InChI is InChI=1S/C8H6F3NO.C4H4S/c9-8(10,11)12-7(13)6-4-2-1-3-5-6;1-2-4-5-3-1/h1-5H,(H,12,13);1-4H. The minimum Gasteiger partial charge on any atom is -0.269 e. The van der Waals surface area contributed by atoms with Crippen molar-refractivity contribution >= 4 is 17.2 Å². The lowest BCUT2D eigenvalue weighted by molar-refractivity contribution is -0.146. The minimum absolute atomic E-state index is 0.0141. The van der Waals surface area contributed by atoms with E-state index in [1.54, 1.807) is 17.4 Å². The molecule has 2 nitrogen and oxygen atoms in total. The summed E-state index contributed by atoms with van der Waals surface area (Å²) in [5.41, 5.74) is -0.0141. The third-order valence-electron chi connectivity index (χ3n) is 1.72. The van der Waals surface area contributed by atoms with E-state index in [1.807, 2.05) is 22.9 Å². The number of halogens is 3. The molecule has 1 amide bonds. The summed E-state index contributed by atoms with van der Waals surface area (Å²) < 4.78 is 35.0. The van der Waals surface area contributed by atoms with Crippen LogP contribution in [0, 0.1) is 0 Å². The topological polar surface area (TPSA) is 29.1 Å². The van der Waals surface area contributed by atoms with Crippen molar-refractivity contribution in [2.75, 3.05) is 0 Å². The maximum absolute atomic E-state index is 11.7. The minimum atomic E-state index is -4.67. The molecule has 0 bridgehead atoms. The van der Waals surface area contributed by atoms with Gasteiger partial charge in [0.05, 0.1) is 0 Å². The predicted octanol–water partition coefficient (Wildman–Crippen LogP) is 3.68. The highest BCUT2D eigenvalue weighted by molar-refractivity contribution is 7.07. The molecule has 0 spiro atoms. The van der Waals surface area contributed by atoms with Crippen molar-refractivity contribution in [2.24, 2.45) is 0 Å². The zero-order valence-corrected chi connectivity index (χ0v) is 9.96. The molecule has 1 N–H and O–H groups in total. The third kappa shape index (κ3) is 6.05. The molecular formula is C12H10F3NOS. The maximum Gasteiger partial charge on any atom is 0.484 e. The molecule has 1 heterocycles. The van der Waals surface area contributed by atoms with Crippen LogP contribution < -0.4 is 5.32 Å². The quantitative estimate of drug-likeness (QED) is 0.789. The molecule has 1 aromatic heterocycles. The molecule has 1 aromatic carbocycles. The summed E-state index contributed by atoms with van der Waals surface area (Å²) in [5, 5.41) is 4.98. The summed E-state index contributed by atoms with van der Waals surface area (Å²) in [5.74, 6) is -1.15. The van der Waals surface area contributed by atoms with E-state index in [0.29, 0.717) is 0 Å². The van der Waals surface area contributed by atoms with Gasteiger partial charge in [0.15, 0.2) is 0 Å². The van der Waals surface area contributed by atoms with Gasteiger partial charge in [-0.1, -0.05) is 30.3 Å². The first kappa shape index (κ1) is 14.2. The van der Waals surface area contributed by atoms with Gasteiger partial charge in [-0.25, -0.2) is 0 Å². The number of hydrogen-bond donors (Lipinski definition) is 1. The fourth-order valence-corrected chi connectivity index (χ4v) is 1.47. The molecule has 0 radical (unpaired) electrons. The highest BCUT2D eigenvalue weighted by Crippen LogP contribution is 2.11. The van der Waals surface area contributed by atoms with Crippen LogP contribution >= 0.6 is 11.3 Å². The Morgan fingerprint density at radius 1 is 1.00 bits per heavy atom. The van der Waals surface area contributed by atoms with Crippen LogP contribution in [0.25, 0.3) is 0 Å². The Labute approximate surface area is 106 Å². The first-order valence-electron chi connectivity index (χ1n) is 4.90. The molecule has 6 heteroatoms. The van der Waals surface area contributed by atoms with Crippen molar-refractivity contribution in [3.63, 3.8) is 0 Å². The second-order valence-corrected chi connectivity index (χ2v) is 3.93. The molecule has 2 aromatic rings. The Morgan fingerprint density at radius 2 is 1.56 bits per heavy atom. The van der Waals surface area contributed by atoms with Crippen LogP contribution in [0.3, 0.4) is 0 Å². The van der Waals surface area contributed by atoms with Crippen molar-refractivity contribution in [1.29, 1.82) is 0 Å². The number of thiophene rings is 1. The number of carbonyl (C=O) groups excluding carboxylic acids is 1. The molecule has 0 unspecified atom stereocenters. The zero-order valence-electron chi connectivity index (χ0n) is 9.15. The molecule has 0 saturated heterocycles. The van der Waals surface area contributed by atoms with Crippen molar-refractivity contribution in [3.8, 4) is 0 Å². The fourth-order valence-electron chi connectivity index (χ4n) is 1.02. The number of nitrogens with one attached hydrogen (secondary N) is 1. The Hall–Kier alpha value is -1.82. The van der Waals surface area contributed by atoms with Gasteiger partial charge in [0.1, 0.15) is 0 Å². The Balaban J connectivity index is 0.000000269. The molecule has 0 aliphatic carbocycles. The number of carbonyl (C=O) groups is 1. The smallest absolute Gasteiger partial charge is 0.269 e. The van der Waals surface area contributed by atoms with Gasteiger partial charge in [-0.2, -0.15) is 24.5 Å². The molecule has 0 aliphatic heterocycles. The van der Waals surface area contributed by atoms with E-state index >= 15 is 0 Å². The van der Waals surface area contributed by atoms with Crippen molar-refractivity contribution < 1.29 is 18.0 Å². The van der Waals surface area contributed by atoms with E-state index in [2.05, 4.69) is 0 Å². The lowest BCUT2D eigenvalue weighted by atomic mass is 10.2. The average Bonchev–Trinajstić information content (AvgIpc) is 2.86. The van der Waals surface area contributed by atoms with Gasteiger partial charge >= 0.3 is 6.30 Å². The number of amides is 1. The SMILES string of the molecule is O=C(NC(F)(F)F)c1ccccc1.c1ccsc1. The van der Waals surface area contributed by atoms with Crippen molar-refractivity contribution in [3.05, 3.63) is 58.8 Å². The molecule has 0 atom stereocenters. The zero-order chi connectivity index (χ0) is 13.4. The molecule has 0 saturated carbocycles. The van der Waals surface area contributed by atoms with Crippen LogP contribution in [0.15, 0.2) is 53.2 Å². The molecule has 96 valence electrons. The van der Waals surface area contributed by atoms with E-state index in [1.165, 1.54) is 24.3 Å². The van der Waals surface area contributed by atoms with Crippen molar-refractivity contribution in [1.82, 2.24) is 5.32 Å². The van der Waals surface area contributed by atoms with Crippen molar-refractivity contribution in [2.45, 2.75) is 6.30 Å². The summed E-state index contributed by atoms with van der Waals surface area (Å²) in [6.07, 6.45) is -4.67. The summed E-state index contributed by atoms with van der Waals surface area (Å²) in [6.45, 7) is 0. The van der Waals surface area contributed by atoms with Gasteiger partial charge in [-0.3, -0.25) is 10.1 Å². The second kappa shape index (κ2) is 6.80. The Bertz CT molecular complexity index is 437. The third-order valence-corrected chi connectivity index (χ3v) is 2.35. The van der Waals surface area contributed by atoms with E-state index in [0.717, 1.165) is 5.32 Å². The second-order valence-electron chi connectivity index (χ2n) is 3.11. The number of benzene rings is 1. The van der Waals surface area contributed by atoms with Crippen LogP contribution in [0.5, 0.6) is 0 Å².